The first-order chi connectivity index (χ1) is 7.59. The molecule has 2 aromatic rings. The van der Waals surface area contributed by atoms with Gasteiger partial charge in [-0.1, -0.05) is 17.3 Å². The molecule has 1 aromatic carbocycles. The van der Waals surface area contributed by atoms with Gasteiger partial charge in [0, 0.05) is 5.56 Å². The topological polar surface area (TPSA) is 56.7 Å². The Morgan fingerprint density at radius 2 is 2.12 bits per heavy atom. The molecule has 16 heavy (non-hydrogen) atoms. The third-order valence-electron chi connectivity index (χ3n) is 2.37. The summed E-state index contributed by atoms with van der Waals surface area (Å²) in [4.78, 5) is 0. The fourth-order valence-electron chi connectivity index (χ4n) is 1.36. The highest BCUT2D eigenvalue weighted by molar-refractivity contribution is 5.32. The molecule has 2 N–H and O–H groups in total. The Bertz CT molecular complexity index is 522. The Labute approximate surface area is 90.7 Å². The third-order valence-corrected chi connectivity index (χ3v) is 2.37. The van der Waals surface area contributed by atoms with Crippen LogP contribution in [-0.4, -0.2) is 15.0 Å². The molecular formula is C10H10F2N4. The van der Waals surface area contributed by atoms with Crippen molar-refractivity contribution in [3.8, 4) is 0 Å². The summed E-state index contributed by atoms with van der Waals surface area (Å²) in [5, 5.41) is 7.37. The molecule has 0 aliphatic heterocycles. The molecular weight excluding hydrogens is 214 g/mol. The number of rotatable bonds is 2. The second kappa shape index (κ2) is 3.88. The van der Waals surface area contributed by atoms with Gasteiger partial charge in [0.15, 0.2) is 17.5 Å². The molecule has 1 heterocycles. The molecule has 0 aliphatic carbocycles. The lowest BCUT2D eigenvalue weighted by Crippen LogP contribution is -2.07. The van der Waals surface area contributed by atoms with Crippen LogP contribution in [0.2, 0.25) is 0 Å². The fourth-order valence-corrected chi connectivity index (χ4v) is 1.36. The first-order valence-electron chi connectivity index (χ1n) is 4.68. The maximum Gasteiger partial charge on any atom is 0.168 e. The van der Waals surface area contributed by atoms with Crippen molar-refractivity contribution >= 4 is 5.82 Å². The smallest absolute Gasteiger partial charge is 0.168 e. The van der Waals surface area contributed by atoms with Gasteiger partial charge in [-0.25, -0.2) is 13.5 Å². The van der Waals surface area contributed by atoms with Crippen molar-refractivity contribution in [1.29, 1.82) is 0 Å². The van der Waals surface area contributed by atoms with Crippen molar-refractivity contribution in [1.82, 2.24) is 15.0 Å². The van der Waals surface area contributed by atoms with E-state index in [0.29, 0.717) is 5.69 Å². The van der Waals surface area contributed by atoms with Crippen LogP contribution in [0.3, 0.4) is 0 Å². The standard InChI is InChI=1S/C10H10F2N4/c1-6-10(13)14-15-16(6)5-7-3-2-4-8(11)9(7)12/h2-4H,5,13H2,1H3. The normalized spacial score (nSPS) is 10.7. The SMILES string of the molecule is Cc1c(N)nnn1Cc1cccc(F)c1F. The second-order valence-corrected chi connectivity index (χ2v) is 3.43. The Morgan fingerprint density at radius 1 is 1.38 bits per heavy atom. The van der Waals surface area contributed by atoms with E-state index in [1.54, 1.807) is 6.92 Å². The number of hydrogen-bond acceptors (Lipinski definition) is 3. The van der Waals surface area contributed by atoms with E-state index in [2.05, 4.69) is 10.3 Å². The van der Waals surface area contributed by atoms with Crippen LogP contribution in [0.15, 0.2) is 18.2 Å². The number of nitrogens with zero attached hydrogens (tertiary/aromatic N) is 3. The van der Waals surface area contributed by atoms with E-state index in [4.69, 9.17) is 5.73 Å². The molecule has 0 bridgehead atoms. The number of benzene rings is 1. The van der Waals surface area contributed by atoms with Crippen molar-refractivity contribution in [2.75, 3.05) is 5.73 Å². The number of nitrogens with two attached hydrogens (primary N) is 1. The zero-order chi connectivity index (χ0) is 11.7. The summed E-state index contributed by atoms with van der Waals surface area (Å²) in [5.74, 6) is -1.45. The van der Waals surface area contributed by atoms with E-state index in [1.807, 2.05) is 0 Å². The van der Waals surface area contributed by atoms with Gasteiger partial charge >= 0.3 is 0 Å². The quantitative estimate of drug-likeness (QED) is 0.840. The van der Waals surface area contributed by atoms with Crippen LogP contribution in [0.4, 0.5) is 14.6 Å². The number of aromatic nitrogens is 3. The van der Waals surface area contributed by atoms with Gasteiger partial charge in [-0.2, -0.15) is 0 Å². The molecule has 0 saturated carbocycles. The van der Waals surface area contributed by atoms with Crippen LogP contribution in [0.25, 0.3) is 0 Å². The Kier molecular flexibility index (Phi) is 2.55. The zero-order valence-electron chi connectivity index (χ0n) is 8.61. The molecule has 0 fully saturated rings. The minimum absolute atomic E-state index is 0.111. The fraction of sp³-hybridized carbons (Fsp3) is 0.200. The maximum absolute atomic E-state index is 13.4. The second-order valence-electron chi connectivity index (χ2n) is 3.43. The molecule has 0 amide bonds. The van der Waals surface area contributed by atoms with Gasteiger partial charge in [0.1, 0.15) is 0 Å². The highest BCUT2D eigenvalue weighted by Crippen LogP contribution is 2.14. The van der Waals surface area contributed by atoms with Crippen molar-refractivity contribution in [2.24, 2.45) is 0 Å². The minimum Gasteiger partial charge on any atom is -0.381 e. The van der Waals surface area contributed by atoms with Crippen LogP contribution in [0.1, 0.15) is 11.3 Å². The number of hydrogen-bond donors (Lipinski definition) is 1. The van der Waals surface area contributed by atoms with Crippen LogP contribution < -0.4 is 5.73 Å². The Morgan fingerprint density at radius 3 is 2.75 bits per heavy atom. The van der Waals surface area contributed by atoms with Gasteiger partial charge in [-0.15, -0.1) is 5.10 Å². The minimum atomic E-state index is -0.872. The van der Waals surface area contributed by atoms with Gasteiger partial charge in [-0.05, 0) is 13.0 Å². The number of halogens is 2. The summed E-state index contributed by atoms with van der Waals surface area (Å²) in [6, 6.07) is 4.01. The summed E-state index contributed by atoms with van der Waals surface area (Å²) in [6.07, 6.45) is 0. The summed E-state index contributed by atoms with van der Waals surface area (Å²) in [5.41, 5.74) is 6.34. The largest absolute Gasteiger partial charge is 0.381 e. The lowest BCUT2D eigenvalue weighted by Gasteiger charge is -2.05. The van der Waals surface area contributed by atoms with Gasteiger partial charge in [0.05, 0.1) is 12.2 Å². The first kappa shape index (κ1) is 10.5. The molecule has 0 saturated heterocycles. The van der Waals surface area contributed by atoms with Gasteiger partial charge < -0.3 is 5.73 Å². The van der Waals surface area contributed by atoms with Crippen LogP contribution in [0.5, 0.6) is 0 Å². The lowest BCUT2D eigenvalue weighted by molar-refractivity contribution is 0.489. The molecule has 0 atom stereocenters. The number of anilines is 1. The first-order valence-corrected chi connectivity index (χ1v) is 4.68. The van der Waals surface area contributed by atoms with Crippen LogP contribution in [0, 0.1) is 18.6 Å². The van der Waals surface area contributed by atoms with Gasteiger partial charge in [0.2, 0.25) is 0 Å². The lowest BCUT2D eigenvalue weighted by atomic mass is 10.2. The van der Waals surface area contributed by atoms with E-state index in [-0.39, 0.29) is 17.9 Å². The van der Waals surface area contributed by atoms with Crippen molar-refractivity contribution in [2.45, 2.75) is 13.5 Å². The van der Waals surface area contributed by atoms with Crippen molar-refractivity contribution < 1.29 is 8.78 Å². The van der Waals surface area contributed by atoms with Crippen molar-refractivity contribution in [3.63, 3.8) is 0 Å². The molecule has 6 heteroatoms. The maximum atomic E-state index is 13.4. The molecule has 0 unspecified atom stereocenters. The highest BCUT2D eigenvalue weighted by Gasteiger charge is 2.11. The van der Waals surface area contributed by atoms with E-state index in [1.165, 1.54) is 16.8 Å². The van der Waals surface area contributed by atoms with Gasteiger partial charge in [-0.3, -0.25) is 0 Å². The molecule has 1 aromatic heterocycles. The highest BCUT2D eigenvalue weighted by atomic mass is 19.2. The van der Waals surface area contributed by atoms with Crippen LogP contribution in [-0.2, 0) is 6.54 Å². The van der Waals surface area contributed by atoms with Crippen LogP contribution >= 0.6 is 0 Å². The van der Waals surface area contributed by atoms with E-state index >= 15 is 0 Å². The average Bonchev–Trinajstić information content (AvgIpc) is 2.57. The van der Waals surface area contributed by atoms with Gasteiger partial charge in [0.25, 0.3) is 0 Å². The third kappa shape index (κ3) is 1.73. The Hall–Kier alpha value is -1.98. The predicted molar refractivity (Wildman–Crippen MR) is 54.6 cm³/mol. The molecule has 2 rings (SSSR count). The summed E-state index contributed by atoms with van der Waals surface area (Å²) in [7, 11) is 0. The summed E-state index contributed by atoms with van der Waals surface area (Å²) in [6.45, 7) is 1.83. The van der Waals surface area contributed by atoms with E-state index < -0.39 is 11.6 Å². The Balaban J connectivity index is 2.34. The van der Waals surface area contributed by atoms with E-state index in [0.717, 1.165) is 6.07 Å². The summed E-state index contributed by atoms with van der Waals surface area (Å²) < 4.78 is 27.7. The molecule has 0 spiro atoms. The number of nitrogen functional groups attached to an aromatic ring is 1. The zero-order valence-corrected chi connectivity index (χ0v) is 8.61. The van der Waals surface area contributed by atoms with Crippen molar-refractivity contribution in [3.05, 3.63) is 41.1 Å². The predicted octanol–water partition coefficient (Wildman–Crippen LogP) is 1.50. The average molecular weight is 224 g/mol. The monoisotopic (exact) mass is 224 g/mol. The molecule has 0 radical (unpaired) electrons. The summed E-state index contributed by atoms with van der Waals surface area (Å²) >= 11 is 0. The molecule has 84 valence electrons. The van der Waals surface area contributed by atoms with E-state index in [9.17, 15) is 8.78 Å². The molecule has 0 aliphatic rings. The molecule has 4 nitrogen and oxygen atoms in total.